The number of hydrogen-bond acceptors (Lipinski definition) is 5. The molecule has 3 heterocycles. The summed E-state index contributed by atoms with van der Waals surface area (Å²) in [6.07, 6.45) is 3.19. The first-order chi connectivity index (χ1) is 12.4. The van der Waals surface area contributed by atoms with Gasteiger partial charge < -0.3 is 15.2 Å². The summed E-state index contributed by atoms with van der Waals surface area (Å²) in [5, 5.41) is 20.2. The molecular weight excluding hydrogens is 338 g/mol. The van der Waals surface area contributed by atoms with Crippen LogP contribution in [0, 0.1) is 13.8 Å². The highest BCUT2D eigenvalue weighted by atomic mass is 16.5. The molecule has 2 N–H and O–H groups in total. The summed E-state index contributed by atoms with van der Waals surface area (Å²) in [5.41, 5.74) is 3.32. The molecule has 0 aromatic carbocycles. The Bertz CT molecular complexity index is 989. The molecule has 1 amide bonds. The van der Waals surface area contributed by atoms with Crippen molar-refractivity contribution in [3.8, 4) is 5.75 Å². The number of aryl methyl sites for hydroxylation is 1. The Morgan fingerprint density at radius 2 is 2.08 bits per heavy atom. The largest absolute Gasteiger partial charge is 0.495 e. The zero-order valence-corrected chi connectivity index (χ0v) is 14.7. The first-order valence-corrected chi connectivity index (χ1v) is 7.95. The second-order valence-electron chi connectivity index (χ2n) is 5.84. The van der Waals surface area contributed by atoms with E-state index in [0.29, 0.717) is 22.5 Å². The topological polar surface area (TPSA) is 111 Å². The van der Waals surface area contributed by atoms with E-state index in [1.54, 1.807) is 43.8 Å². The molecule has 3 rings (SSSR count). The van der Waals surface area contributed by atoms with E-state index in [2.05, 4.69) is 15.5 Å². The van der Waals surface area contributed by atoms with Crippen molar-refractivity contribution in [2.45, 2.75) is 26.9 Å². The quantitative estimate of drug-likeness (QED) is 0.685. The summed E-state index contributed by atoms with van der Waals surface area (Å²) in [6, 6.07) is 3.53. The second kappa shape index (κ2) is 6.87. The van der Waals surface area contributed by atoms with E-state index >= 15 is 0 Å². The third-order valence-electron chi connectivity index (χ3n) is 4.21. The number of carbonyl (C=O) groups excluding carboxylic acids is 1. The van der Waals surface area contributed by atoms with Crippen LogP contribution in [-0.4, -0.2) is 43.5 Å². The number of fused-ring (bicyclic) bond motifs is 1. The maximum absolute atomic E-state index is 12.5. The molecule has 136 valence electrons. The lowest BCUT2D eigenvalue weighted by molar-refractivity contribution is -0.137. The van der Waals surface area contributed by atoms with Gasteiger partial charge in [0.05, 0.1) is 36.3 Å². The average molecular weight is 357 g/mol. The fourth-order valence-corrected chi connectivity index (χ4v) is 2.80. The minimum absolute atomic E-state index is 0.212. The van der Waals surface area contributed by atoms with Gasteiger partial charge in [-0.05, 0) is 26.0 Å². The van der Waals surface area contributed by atoms with Crippen LogP contribution in [0.1, 0.15) is 27.3 Å². The molecule has 0 saturated heterocycles. The van der Waals surface area contributed by atoms with Gasteiger partial charge in [-0.1, -0.05) is 0 Å². The SMILES string of the molecule is COc1ccc2c(C(=O)NCc3c(C)nn(CC(=O)O)c3C)cnn2c1. The van der Waals surface area contributed by atoms with Crippen molar-refractivity contribution < 1.29 is 19.4 Å². The highest BCUT2D eigenvalue weighted by molar-refractivity contribution is 6.00. The zero-order valence-electron chi connectivity index (χ0n) is 14.7. The molecule has 0 fully saturated rings. The maximum atomic E-state index is 12.5. The monoisotopic (exact) mass is 357 g/mol. The van der Waals surface area contributed by atoms with Crippen LogP contribution in [0.4, 0.5) is 0 Å². The first kappa shape index (κ1) is 17.5. The lowest BCUT2D eigenvalue weighted by Gasteiger charge is -2.06. The summed E-state index contributed by atoms with van der Waals surface area (Å²) in [6.45, 7) is 3.61. The Morgan fingerprint density at radius 1 is 1.31 bits per heavy atom. The number of ether oxygens (including phenoxy) is 1. The second-order valence-corrected chi connectivity index (χ2v) is 5.84. The van der Waals surface area contributed by atoms with Gasteiger partial charge in [-0.3, -0.25) is 14.3 Å². The molecule has 26 heavy (non-hydrogen) atoms. The van der Waals surface area contributed by atoms with Gasteiger partial charge in [0.1, 0.15) is 12.3 Å². The van der Waals surface area contributed by atoms with Crippen molar-refractivity contribution >= 4 is 17.4 Å². The molecule has 0 bridgehead atoms. The van der Waals surface area contributed by atoms with Gasteiger partial charge >= 0.3 is 5.97 Å². The molecule has 3 aromatic rings. The predicted molar refractivity (Wildman–Crippen MR) is 92.3 cm³/mol. The number of aromatic nitrogens is 4. The van der Waals surface area contributed by atoms with Crippen molar-refractivity contribution in [2.75, 3.05) is 7.11 Å². The van der Waals surface area contributed by atoms with Gasteiger partial charge in [-0.25, -0.2) is 4.52 Å². The maximum Gasteiger partial charge on any atom is 0.325 e. The molecule has 0 aliphatic carbocycles. The van der Waals surface area contributed by atoms with Crippen LogP contribution >= 0.6 is 0 Å². The molecule has 0 aliphatic rings. The third kappa shape index (κ3) is 3.23. The van der Waals surface area contributed by atoms with E-state index < -0.39 is 5.97 Å². The predicted octanol–water partition coefficient (Wildman–Crippen LogP) is 1.17. The number of carboxylic acids is 1. The van der Waals surface area contributed by atoms with Crippen LogP contribution < -0.4 is 10.1 Å². The number of amides is 1. The van der Waals surface area contributed by atoms with E-state index in [1.165, 1.54) is 10.9 Å². The van der Waals surface area contributed by atoms with Gasteiger partial charge in [0.15, 0.2) is 0 Å². The van der Waals surface area contributed by atoms with E-state index in [9.17, 15) is 9.59 Å². The van der Waals surface area contributed by atoms with E-state index in [4.69, 9.17) is 9.84 Å². The summed E-state index contributed by atoms with van der Waals surface area (Å²) in [7, 11) is 1.56. The minimum Gasteiger partial charge on any atom is -0.495 e. The smallest absolute Gasteiger partial charge is 0.325 e. The molecule has 9 heteroatoms. The molecular formula is C17H19N5O4. The fourth-order valence-electron chi connectivity index (χ4n) is 2.80. The molecule has 0 unspecified atom stereocenters. The third-order valence-corrected chi connectivity index (χ3v) is 4.21. The number of pyridine rings is 1. The molecule has 9 nitrogen and oxygen atoms in total. The van der Waals surface area contributed by atoms with Crippen LogP contribution in [-0.2, 0) is 17.9 Å². The number of rotatable bonds is 6. The summed E-state index contributed by atoms with van der Waals surface area (Å²) in [5.74, 6) is -0.590. The standard InChI is InChI=1S/C17H19N5O4/c1-10-13(11(2)21(20-10)9-16(23)24)6-18-17(25)14-7-19-22-8-12(26-3)4-5-15(14)22/h4-5,7-8H,6,9H2,1-3H3,(H,18,25)(H,23,24). The highest BCUT2D eigenvalue weighted by Gasteiger charge is 2.17. The molecule has 0 saturated carbocycles. The Kier molecular flexibility index (Phi) is 4.61. The van der Waals surface area contributed by atoms with Crippen molar-refractivity contribution in [1.29, 1.82) is 0 Å². The molecule has 0 radical (unpaired) electrons. The van der Waals surface area contributed by atoms with Crippen LogP contribution in [0.5, 0.6) is 5.75 Å². The Balaban J connectivity index is 1.77. The minimum atomic E-state index is -0.965. The zero-order chi connectivity index (χ0) is 18.8. The lowest BCUT2D eigenvalue weighted by Crippen LogP contribution is -2.23. The highest BCUT2D eigenvalue weighted by Crippen LogP contribution is 2.17. The van der Waals surface area contributed by atoms with E-state index in [-0.39, 0.29) is 19.0 Å². The Hall–Kier alpha value is -3.36. The summed E-state index contributed by atoms with van der Waals surface area (Å²) in [4.78, 5) is 23.4. The van der Waals surface area contributed by atoms with Crippen molar-refractivity contribution in [2.24, 2.45) is 0 Å². The van der Waals surface area contributed by atoms with Crippen molar-refractivity contribution in [1.82, 2.24) is 24.7 Å². The van der Waals surface area contributed by atoms with E-state index in [0.717, 1.165) is 11.3 Å². The lowest BCUT2D eigenvalue weighted by atomic mass is 10.2. The van der Waals surface area contributed by atoms with Crippen LogP contribution in [0.25, 0.3) is 5.52 Å². The van der Waals surface area contributed by atoms with Crippen LogP contribution in [0.15, 0.2) is 24.5 Å². The van der Waals surface area contributed by atoms with Gasteiger partial charge in [0, 0.05) is 17.8 Å². The molecule has 3 aromatic heterocycles. The molecule has 0 atom stereocenters. The number of aliphatic carboxylic acids is 1. The van der Waals surface area contributed by atoms with Crippen LogP contribution in [0.2, 0.25) is 0 Å². The van der Waals surface area contributed by atoms with Crippen LogP contribution in [0.3, 0.4) is 0 Å². The summed E-state index contributed by atoms with van der Waals surface area (Å²) < 4.78 is 8.14. The number of carbonyl (C=O) groups is 2. The Labute approximate surface area is 149 Å². The number of nitrogens with one attached hydrogen (secondary N) is 1. The van der Waals surface area contributed by atoms with Gasteiger partial charge in [-0.2, -0.15) is 10.2 Å². The van der Waals surface area contributed by atoms with Gasteiger partial charge in [-0.15, -0.1) is 0 Å². The molecule has 0 aliphatic heterocycles. The van der Waals surface area contributed by atoms with Crippen molar-refractivity contribution in [3.63, 3.8) is 0 Å². The number of carboxylic acid groups (broad SMARTS) is 1. The van der Waals surface area contributed by atoms with E-state index in [1.807, 2.05) is 0 Å². The normalized spacial score (nSPS) is 10.9. The number of hydrogen-bond donors (Lipinski definition) is 2. The van der Waals surface area contributed by atoms with Crippen molar-refractivity contribution in [3.05, 3.63) is 47.0 Å². The summed E-state index contributed by atoms with van der Waals surface area (Å²) >= 11 is 0. The average Bonchev–Trinajstić information content (AvgIpc) is 3.13. The number of methoxy groups -OCH3 is 1. The Morgan fingerprint density at radius 3 is 2.77 bits per heavy atom. The number of nitrogens with zero attached hydrogens (tertiary/aromatic N) is 4. The van der Waals surface area contributed by atoms with Gasteiger partial charge in [0.25, 0.3) is 5.91 Å². The molecule has 0 spiro atoms. The fraction of sp³-hybridized carbons (Fsp3) is 0.294. The first-order valence-electron chi connectivity index (χ1n) is 7.95. The van der Waals surface area contributed by atoms with Gasteiger partial charge in [0.2, 0.25) is 0 Å².